The van der Waals surface area contributed by atoms with Gasteiger partial charge >= 0.3 is 0 Å². The molecule has 3 aromatic carbocycles. The molecule has 0 unspecified atom stereocenters. The highest BCUT2D eigenvalue weighted by Gasteiger charge is 2.35. The van der Waals surface area contributed by atoms with Gasteiger partial charge in [0.15, 0.2) is 0 Å². The minimum Gasteiger partial charge on any atom is -0.492 e. The number of para-hydroxylation sites is 1. The molecule has 1 heterocycles. The van der Waals surface area contributed by atoms with E-state index < -0.39 is 0 Å². The van der Waals surface area contributed by atoms with Gasteiger partial charge in [-0.1, -0.05) is 53.6 Å². The second kappa shape index (κ2) is 11.6. The molecule has 180 valence electrons. The Hall–Kier alpha value is -3.71. The molecular weight excluding hydrogens is 462 g/mol. The summed E-state index contributed by atoms with van der Waals surface area (Å²) in [5, 5.41) is -0.307. The standard InChI is InChI=1S/C28H27NO5S/c1-20-7-11-23(12-8-20)32-16-15-29-27(30)26(35-28(29)31)19-22-5-3-4-6-25(22)34-18-17-33-24-13-9-21(2)10-14-24/h3-14,19H,15-18H2,1-2H3/b26-19-. The van der Waals surface area contributed by atoms with Crippen molar-refractivity contribution >= 4 is 29.0 Å². The van der Waals surface area contributed by atoms with Crippen molar-refractivity contribution < 1.29 is 23.8 Å². The summed E-state index contributed by atoms with van der Waals surface area (Å²) in [6, 6.07) is 22.9. The number of benzene rings is 3. The molecule has 0 atom stereocenters. The summed E-state index contributed by atoms with van der Waals surface area (Å²) in [6.07, 6.45) is 1.70. The van der Waals surface area contributed by atoms with Crippen LogP contribution in [0.25, 0.3) is 6.08 Å². The summed E-state index contributed by atoms with van der Waals surface area (Å²) < 4.78 is 17.3. The van der Waals surface area contributed by atoms with Crippen molar-refractivity contribution in [3.05, 3.63) is 94.4 Å². The average Bonchev–Trinajstić information content (AvgIpc) is 3.12. The Morgan fingerprint density at radius 1 is 0.743 bits per heavy atom. The van der Waals surface area contributed by atoms with Gasteiger partial charge in [-0.15, -0.1) is 0 Å². The van der Waals surface area contributed by atoms with Crippen molar-refractivity contribution in [1.29, 1.82) is 0 Å². The number of rotatable bonds is 10. The number of imide groups is 1. The van der Waals surface area contributed by atoms with Crippen LogP contribution in [-0.4, -0.2) is 42.4 Å². The highest BCUT2D eigenvalue weighted by molar-refractivity contribution is 8.18. The zero-order valence-electron chi connectivity index (χ0n) is 19.7. The molecule has 0 aliphatic carbocycles. The molecule has 1 aliphatic heterocycles. The molecule has 6 nitrogen and oxygen atoms in total. The van der Waals surface area contributed by atoms with Crippen molar-refractivity contribution in [3.8, 4) is 17.2 Å². The van der Waals surface area contributed by atoms with Crippen LogP contribution in [0.1, 0.15) is 16.7 Å². The zero-order valence-corrected chi connectivity index (χ0v) is 20.5. The third-order valence-electron chi connectivity index (χ3n) is 5.31. The summed E-state index contributed by atoms with van der Waals surface area (Å²) in [5.74, 6) is 1.78. The van der Waals surface area contributed by atoms with Crippen LogP contribution in [0.3, 0.4) is 0 Å². The molecule has 1 saturated heterocycles. The SMILES string of the molecule is Cc1ccc(OCCOc2ccccc2/C=C2\SC(=O)N(CCOc3ccc(C)cc3)C2=O)cc1. The number of ether oxygens (including phenoxy) is 3. The van der Waals surface area contributed by atoms with Gasteiger partial charge in [0.05, 0.1) is 11.4 Å². The minimum absolute atomic E-state index is 0.185. The first kappa shape index (κ1) is 24.4. The van der Waals surface area contributed by atoms with E-state index in [0.717, 1.165) is 28.6 Å². The van der Waals surface area contributed by atoms with E-state index in [1.165, 1.54) is 10.5 Å². The van der Waals surface area contributed by atoms with Gasteiger partial charge in [0.2, 0.25) is 0 Å². The maximum Gasteiger partial charge on any atom is 0.293 e. The fraction of sp³-hybridized carbons (Fsp3) is 0.214. The number of thioether (sulfide) groups is 1. The molecular formula is C28H27NO5S. The number of carbonyl (C=O) groups is 2. The number of amides is 2. The summed E-state index contributed by atoms with van der Waals surface area (Å²) >= 11 is 0.923. The van der Waals surface area contributed by atoms with Crippen LogP contribution in [0, 0.1) is 13.8 Å². The topological polar surface area (TPSA) is 65.1 Å². The van der Waals surface area contributed by atoms with E-state index in [2.05, 4.69) is 0 Å². The second-order valence-electron chi connectivity index (χ2n) is 8.04. The van der Waals surface area contributed by atoms with Crippen LogP contribution in [0.4, 0.5) is 4.79 Å². The minimum atomic E-state index is -0.329. The molecule has 2 amide bonds. The van der Waals surface area contributed by atoms with Crippen molar-refractivity contribution in [2.75, 3.05) is 26.4 Å². The Bertz CT molecular complexity index is 1200. The van der Waals surface area contributed by atoms with Gasteiger partial charge in [-0.05, 0) is 62.0 Å². The van der Waals surface area contributed by atoms with Crippen molar-refractivity contribution in [3.63, 3.8) is 0 Å². The van der Waals surface area contributed by atoms with E-state index in [9.17, 15) is 9.59 Å². The summed E-state index contributed by atoms with van der Waals surface area (Å²) in [7, 11) is 0. The first-order chi connectivity index (χ1) is 17.0. The third-order valence-corrected chi connectivity index (χ3v) is 6.22. The van der Waals surface area contributed by atoms with Crippen molar-refractivity contribution in [1.82, 2.24) is 4.90 Å². The lowest BCUT2D eigenvalue weighted by Gasteiger charge is -2.13. The van der Waals surface area contributed by atoms with Crippen LogP contribution < -0.4 is 14.2 Å². The largest absolute Gasteiger partial charge is 0.492 e. The van der Waals surface area contributed by atoms with Gasteiger partial charge in [-0.25, -0.2) is 0 Å². The zero-order chi connectivity index (χ0) is 24.6. The fourth-order valence-electron chi connectivity index (χ4n) is 3.40. The molecule has 0 saturated carbocycles. The van der Waals surface area contributed by atoms with Crippen LogP contribution in [-0.2, 0) is 4.79 Å². The molecule has 1 aliphatic rings. The lowest BCUT2D eigenvalue weighted by Crippen LogP contribution is -2.32. The van der Waals surface area contributed by atoms with Gasteiger partial charge in [-0.2, -0.15) is 0 Å². The predicted octanol–water partition coefficient (Wildman–Crippen LogP) is 5.88. The third kappa shape index (κ3) is 6.67. The molecule has 0 aromatic heterocycles. The average molecular weight is 490 g/mol. The summed E-state index contributed by atoms with van der Waals surface area (Å²) in [4.78, 5) is 26.9. The van der Waals surface area contributed by atoms with Crippen LogP contribution in [0.5, 0.6) is 17.2 Å². The van der Waals surface area contributed by atoms with Crippen LogP contribution >= 0.6 is 11.8 Å². The fourth-order valence-corrected chi connectivity index (χ4v) is 4.26. The van der Waals surface area contributed by atoms with Gasteiger partial charge in [0.1, 0.15) is 37.1 Å². The highest BCUT2D eigenvalue weighted by Crippen LogP contribution is 2.34. The molecule has 35 heavy (non-hydrogen) atoms. The first-order valence-electron chi connectivity index (χ1n) is 11.4. The van der Waals surface area contributed by atoms with Crippen molar-refractivity contribution in [2.45, 2.75) is 13.8 Å². The molecule has 7 heteroatoms. The van der Waals surface area contributed by atoms with Gasteiger partial charge in [0.25, 0.3) is 11.1 Å². The van der Waals surface area contributed by atoms with E-state index >= 15 is 0 Å². The Kier molecular flexibility index (Phi) is 8.11. The number of hydrogen-bond acceptors (Lipinski definition) is 6. The summed E-state index contributed by atoms with van der Waals surface area (Å²) in [5.41, 5.74) is 3.03. The number of carbonyl (C=O) groups excluding carboxylic acids is 2. The molecule has 0 spiro atoms. The maximum atomic E-state index is 12.9. The van der Waals surface area contributed by atoms with Gasteiger partial charge in [-0.3, -0.25) is 14.5 Å². The quantitative estimate of drug-likeness (QED) is 0.262. The lowest BCUT2D eigenvalue weighted by atomic mass is 10.2. The van der Waals surface area contributed by atoms with E-state index in [0.29, 0.717) is 29.6 Å². The van der Waals surface area contributed by atoms with Crippen molar-refractivity contribution in [2.24, 2.45) is 0 Å². The molecule has 3 aromatic rings. The number of aryl methyl sites for hydroxylation is 2. The predicted molar refractivity (Wildman–Crippen MR) is 138 cm³/mol. The molecule has 0 bridgehead atoms. The Morgan fingerprint density at radius 3 is 1.97 bits per heavy atom. The number of nitrogens with zero attached hydrogens (tertiary/aromatic N) is 1. The Morgan fingerprint density at radius 2 is 1.31 bits per heavy atom. The molecule has 4 rings (SSSR count). The molecule has 0 radical (unpaired) electrons. The number of hydrogen-bond donors (Lipinski definition) is 0. The Labute approximate surface area is 209 Å². The van der Waals surface area contributed by atoms with Crippen LogP contribution in [0.15, 0.2) is 77.7 Å². The lowest BCUT2D eigenvalue weighted by molar-refractivity contribution is -0.123. The van der Waals surface area contributed by atoms with Gasteiger partial charge < -0.3 is 14.2 Å². The molecule has 0 N–H and O–H groups in total. The van der Waals surface area contributed by atoms with E-state index in [1.54, 1.807) is 6.08 Å². The van der Waals surface area contributed by atoms with Crippen LogP contribution in [0.2, 0.25) is 0 Å². The monoisotopic (exact) mass is 489 g/mol. The normalized spacial score (nSPS) is 14.5. The first-order valence-corrected chi connectivity index (χ1v) is 12.2. The Balaban J connectivity index is 1.32. The van der Waals surface area contributed by atoms with E-state index in [-0.39, 0.29) is 24.3 Å². The molecule has 1 fully saturated rings. The summed E-state index contributed by atoms with van der Waals surface area (Å²) in [6.45, 7) is 5.17. The smallest absolute Gasteiger partial charge is 0.293 e. The maximum absolute atomic E-state index is 12.9. The van der Waals surface area contributed by atoms with Gasteiger partial charge in [0, 0.05) is 5.56 Å². The van der Waals surface area contributed by atoms with E-state index in [1.807, 2.05) is 86.6 Å². The highest BCUT2D eigenvalue weighted by atomic mass is 32.2. The van der Waals surface area contributed by atoms with E-state index in [4.69, 9.17) is 14.2 Å². The second-order valence-corrected chi connectivity index (χ2v) is 9.04.